The first-order valence-electron chi connectivity index (χ1n) is 11.4. The molecule has 1 atom stereocenters. The molecule has 2 aromatic carbocycles. The fourth-order valence-electron chi connectivity index (χ4n) is 3.42. The lowest BCUT2D eigenvalue weighted by Crippen LogP contribution is -2.33. The normalized spacial score (nSPS) is 11.7. The summed E-state index contributed by atoms with van der Waals surface area (Å²) in [6, 6.07) is 12.9. The molecule has 10 heteroatoms. The number of hydrogen-bond acceptors (Lipinski definition) is 6. The van der Waals surface area contributed by atoms with Crippen LogP contribution in [0.5, 0.6) is 0 Å². The van der Waals surface area contributed by atoms with Gasteiger partial charge in [-0.3, -0.25) is 9.59 Å². The molecule has 0 saturated heterocycles. The van der Waals surface area contributed by atoms with E-state index in [0.717, 1.165) is 5.56 Å². The number of carboxylic acids is 1. The minimum absolute atomic E-state index is 0.0297. The molecular weight excluding hydrogens is 478 g/mol. The number of nitrogens with one attached hydrogen (secondary N) is 2. The summed E-state index contributed by atoms with van der Waals surface area (Å²) < 4.78 is 1.84. The first-order valence-corrected chi connectivity index (χ1v) is 12.4. The van der Waals surface area contributed by atoms with Crippen LogP contribution in [0, 0.1) is 12.8 Å². The molecule has 0 aliphatic heterocycles. The van der Waals surface area contributed by atoms with E-state index in [0.29, 0.717) is 28.8 Å². The minimum Gasteiger partial charge on any atom is -0.478 e. The molecule has 0 spiro atoms. The Kier molecular flexibility index (Phi) is 9.02. The van der Waals surface area contributed by atoms with Crippen LogP contribution in [-0.2, 0) is 11.3 Å². The molecule has 188 valence electrons. The van der Waals surface area contributed by atoms with Gasteiger partial charge in [-0.25, -0.2) is 4.79 Å². The summed E-state index contributed by atoms with van der Waals surface area (Å²) in [6.45, 7) is 10.2. The number of allylic oxidation sites excluding steroid dienone is 1. The number of carbonyl (C=O) groups is 3. The van der Waals surface area contributed by atoms with Crippen LogP contribution in [0.3, 0.4) is 0 Å². The molecule has 1 aromatic heterocycles. The van der Waals surface area contributed by atoms with Gasteiger partial charge in [0.2, 0.25) is 5.91 Å². The summed E-state index contributed by atoms with van der Waals surface area (Å²) in [4.78, 5) is 36.3. The van der Waals surface area contributed by atoms with E-state index in [4.69, 9.17) is 5.11 Å². The van der Waals surface area contributed by atoms with Crippen molar-refractivity contribution >= 4 is 35.2 Å². The van der Waals surface area contributed by atoms with Gasteiger partial charge in [-0.15, -0.1) is 16.8 Å². The molecule has 36 heavy (non-hydrogen) atoms. The Morgan fingerprint density at radius 1 is 1.06 bits per heavy atom. The van der Waals surface area contributed by atoms with Crippen LogP contribution in [0.4, 0.5) is 5.69 Å². The van der Waals surface area contributed by atoms with Crippen molar-refractivity contribution in [3.63, 3.8) is 0 Å². The van der Waals surface area contributed by atoms with Crippen molar-refractivity contribution in [2.45, 2.75) is 38.5 Å². The van der Waals surface area contributed by atoms with Gasteiger partial charge in [-0.2, -0.15) is 0 Å². The molecule has 3 aromatic rings. The average molecular weight is 508 g/mol. The number of benzene rings is 2. The van der Waals surface area contributed by atoms with Crippen molar-refractivity contribution in [3.05, 3.63) is 83.7 Å². The van der Waals surface area contributed by atoms with Gasteiger partial charge in [0, 0.05) is 17.8 Å². The van der Waals surface area contributed by atoms with Crippen molar-refractivity contribution in [1.29, 1.82) is 0 Å². The Morgan fingerprint density at radius 2 is 1.69 bits per heavy atom. The van der Waals surface area contributed by atoms with Crippen molar-refractivity contribution < 1.29 is 19.5 Å². The van der Waals surface area contributed by atoms with Gasteiger partial charge < -0.3 is 20.3 Å². The van der Waals surface area contributed by atoms with E-state index in [1.165, 1.54) is 36.0 Å². The van der Waals surface area contributed by atoms with E-state index < -0.39 is 12.0 Å². The number of carboxylic acid groups (broad SMARTS) is 1. The SMILES string of the molecule is C=CCn1c(SCC(=O)Nc2ccc(C(=O)O)cc2)nnc1[C@H](NC(=O)c1ccc(C)cc1)C(C)C. The van der Waals surface area contributed by atoms with E-state index in [1.807, 2.05) is 37.5 Å². The standard InChI is InChI=1S/C26H29N5O4S/c1-5-14-31-23(22(16(2)3)28-24(33)18-8-6-17(4)7-9-18)29-30-26(31)36-15-21(32)27-20-12-10-19(11-13-20)25(34)35/h5-13,16,22H,1,14-15H2,2-4H3,(H,27,32)(H,28,33)(H,34,35)/t22-/m1/s1. The number of hydrogen-bond donors (Lipinski definition) is 3. The van der Waals surface area contributed by atoms with Gasteiger partial charge in [0.25, 0.3) is 5.91 Å². The second kappa shape index (κ2) is 12.2. The summed E-state index contributed by atoms with van der Waals surface area (Å²) >= 11 is 1.21. The lowest BCUT2D eigenvalue weighted by atomic mass is 10.0. The van der Waals surface area contributed by atoms with Crippen LogP contribution >= 0.6 is 11.8 Å². The highest BCUT2D eigenvalue weighted by Crippen LogP contribution is 2.26. The molecule has 2 amide bonds. The maximum absolute atomic E-state index is 12.9. The number of rotatable bonds is 11. The van der Waals surface area contributed by atoms with Crippen molar-refractivity contribution in [2.75, 3.05) is 11.1 Å². The van der Waals surface area contributed by atoms with E-state index in [1.54, 1.807) is 18.2 Å². The Labute approximate surface area is 214 Å². The summed E-state index contributed by atoms with van der Waals surface area (Å²) in [5, 5.41) is 23.9. The average Bonchev–Trinajstić information content (AvgIpc) is 3.24. The monoisotopic (exact) mass is 507 g/mol. The lowest BCUT2D eigenvalue weighted by molar-refractivity contribution is -0.113. The second-order valence-electron chi connectivity index (χ2n) is 8.52. The van der Waals surface area contributed by atoms with Crippen LogP contribution in [0.15, 0.2) is 66.3 Å². The first kappa shape index (κ1) is 26.7. The third kappa shape index (κ3) is 6.82. The van der Waals surface area contributed by atoms with E-state index in [-0.39, 0.29) is 29.0 Å². The zero-order chi connectivity index (χ0) is 26.2. The zero-order valence-electron chi connectivity index (χ0n) is 20.4. The third-order valence-electron chi connectivity index (χ3n) is 5.35. The van der Waals surface area contributed by atoms with Gasteiger partial charge in [-0.1, -0.05) is 49.4 Å². The van der Waals surface area contributed by atoms with Crippen LogP contribution in [-0.4, -0.2) is 43.4 Å². The molecule has 1 heterocycles. The fourth-order valence-corrected chi connectivity index (χ4v) is 4.17. The van der Waals surface area contributed by atoms with Crippen molar-refractivity contribution in [2.24, 2.45) is 5.92 Å². The smallest absolute Gasteiger partial charge is 0.335 e. The molecule has 3 N–H and O–H groups in total. The Morgan fingerprint density at radius 3 is 2.28 bits per heavy atom. The van der Waals surface area contributed by atoms with E-state index >= 15 is 0 Å². The maximum atomic E-state index is 12.9. The molecular formula is C26H29N5O4S. The number of nitrogens with zero attached hydrogens (tertiary/aromatic N) is 3. The molecule has 9 nitrogen and oxygen atoms in total. The zero-order valence-corrected chi connectivity index (χ0v) is 21.2. The molecule has 0 fully saturated rings. The molecule has 0 aliphatic rings. The molecule has 0 bridgehead atoms. The number of aromatic nitrogens is 3. The predicted molar refractivity (Wildman–Crippen MR) is 139 cm³/mol. The number of carbonyl (C=O) groups excluding carboxylic acids is 2. The number of aryl methyl sites for hydroxylation is 1. The minimum atomic E-state index is -1.03. The summed E-state index contributed by atoms with van der Waals surface area (Å²) in [6.07, 6.45) is 1.71. The van der Waals surface area contributed by atoms with Crippen LogP contribution < -0.4 is 10.6 Å². The van der Waals surface area contributed by atoms with Crippen LogP contribution in [0.1, 0.15) is 52.0 Å². The predicted octanol–water partition coefficient (Wildman–Crippen LogP) is 4.33. The summed E-state index contributed by atoms with van der Waals surface area (Å²) in [5.41, 5.74) is 2.27. The maximum Gasteiger partial charge on any atom is 0.335 e. The molecule has 3 rings (SSSR count). The Bertz CT molecular complexity index is 1240. The Hall–Kier alpha value is -3.92. The molecule has 0 aliphatic carbocycles. The van der Waals surface area contributed by atoms with Crippen molar-refractivity contribution in [3.8, 4) is 0 Å². The number of anilines is 1. The first-order chi connectivity index (χ1) is 17.2. The molecule has 0 unspecified atom stereocenters. The number of amides is 2. The largest absolute Gasteiger partial charge is 0.478 e. The highest BCUT2D eigenvalue weighted by molar-refractivity contribution is 7.99. The second-order valence-corrected chi connectivity index (χ2v) is 9.46. The van der Waals surface area contributed by atoms with Crippen LogP contribution in [0.2, 0.25) is 0 Å². The fraction of sp³-hybridized carbons (Fsp3) is 0.269. The lowest BCUT2D eigenvalue weighted by Gasteiger charge is -2.22. The highest BCUT2D eigenvalue weighted by Gasteiger charge is 2.26. The summed E-state index contributed by atoms with van der Waals surface area (Å²) in [5.74, 6) is -0.830. The van der Waals surface area contributed by atoms with Crippen LogP contribution in [0.25, 0.3) is 0 Å². The van der Waals surface area contributed by atoms with E-state index in [9.17, 15) is 14.4 Å². The van der Waals surface area contributed by atoms with E-state index in [2.05, 4.69) is 27.4 Å². The number of thioether (sulfide) groups is 1. The van der Waals surface area contributed by atoms with Gasteiger partial charge in [-0.05, 0) is 49.2 Å². The number of aromatic carboxylic acids is 1. The van der Waals surface area contributed by atoms with Crippen molar-refractivity contribution in [1.82, 2.24) is 20.1 Å². The Balaban J connectivity index is 1.72. The topological polar surface area (TPSA) is 126 Å². The highest BCUT2D eigenvalue weighted by atomic mass is 32.2. The quantitative estimate of drug-likeness (QED) is 0.260. The van der Waals surface area contributed by atoms with Gasteiger partial charge in [0.05, 0.1) is 17.4 Å². The molecule has 0 saturated carbocycles. The summed E-state index contributed by atoms with van der Waals surface area (Å²) in [7, 11) is 0. The van der Waals surface area contributed by atoms with Gasteiger partial charge in [0.15, 0.2) is 11.0 Å². The third-order valence-corrected chi connectivity index (χ3v) is 6.32. The molecule has 0 radical (unpaired) electrons. The van der Waals surface area contributed by atoms with Gasteiger partial charge in [0.1, 0.15) is 0 Å². The van der Waals surface area contributed by atoms with Gasteiger partial charge >= 0.3 is 5.97 Å².